The number of non-ortho nitro benzene ring substituents is 1. The van der Waals surface area contributed by atoms with Crippen LogP contribution in [0, 0.1) is 10.1 Å². The Labute approximate surface area is 123 Å². The minimum atomic E-state index is -0.497. The van der Waals surface area contributed by atoms with E-state index in [1.807, 2.05) is 0 Å². The van der Waals surface area contributed by atoms with E-state index in [1.54, 1.807) is 0 Å². The number of morpholine rings is 1. The molecule has 21 heavy (non-hydrogen) atoms. The van der Waals surface area contributed by atoms with E-state index in [1.165, 1.54) is 24.5 Å². The number of nitrogen functional groups attached to an aromatic ring is 1. The molecule has 0 atom stereocenters. The minimum Gasteiger partial charge on any atom is -0.492 e. The van der Waals surface area contributed by atoms with Crippen molar-refractivity contribution in [3.8, 4) is 5.75 Å². The number of nitrogens with two attached hydrogens (primary N) is 1. The smallest absolute Gasteiger partial charge is 0.271 e. The number of nitro groups is 1. The number of hydrogen-bond acceptors (Lipinski definition) is 6. The molecular formula is C14H19N3O4. The first kappa shape index (κ1) is 15.1. The topological polar surface area (TPSA) is 90.9 Å². The summed E-state index contributed by atoms with van der Waals surface area (Å²) < 4.78 is 11.0. The fourth-order valence-corrected chi connectivity index (χ4v) is 2.02. The maximum Gasteiger partial charge on any atom is 0.271 e. The Morgan fingerprint density at radius 2 is 2.29 bits per heavy atom. The summed E-state index contributed by atoms with van der Waals surface area (Å²) in [6, 6.07) is 4.54. The van der Waals surface area contributed by atoms with E-state index in [0.29, 0.717) is 30.7 Å². The molecule has 1 aliphatic heterocycles. The summed E-state index contributed by atoms with van der Waals surface area (Å²) in [4.78, 5) is 12.4. The lowest BCUT2D eigenvalue weighted by Gasteiger charge is -2.31. The van der Waals surface area contributed by atoms with Crippen LogP contribution >= 0.6 is 0 Å². The highest BCUT2D eigenvalue weighted by molar-refractivity contribution is 5.58. The Morgan fingerprint density at radius 3 is 2.90 bits per heavy atom. The predicted octanol–water partition coefficient (Wildman–Crippen LogP) is 2.14. The van der Waals surface area contributed by atoms with Crippen LogP contribution in [0.4, 0.5) is 11.4 Å². The van der Waals surface area contributed by atoms with Crippen molar-refractivity contribution in [1.82, 2.24) is 4.90 Å². The van der Waals surface area contributed by atoms with Crippen LogP contribution in [0.1, 0.15) is 13.8 Å². The first-order valence-corrected chi connectivity index (χ1v) is 6.74. The van der Waals surface area contributed by atoms with E-state index < -0.39 is 4.92 Å². The maximum absolute atomic E-state index is 10.6. The zero-order valence-corrected chi connectivity index (χ0v) is 12.1. The van der Waals surface area contributed by atoms with Crippen LogP contribution in [0.3, 0.4) is 0 Å². The fraction of sp³-hybridized carbons (Fsp3) is 0.429. The number of hydrogen-bond donors (Lipinski definition) is 1. The quantitative estimate of drug-likeness (QED) is 0.396. The van der Waals surface area contributed by atoms with E-state index in [0.717, 1.165) is 6.54 Å². The van der Waals surface area contributed by atoms with Gasteiger partial charge in [0.15, 0.2) is 0 Å². The predicted molar refractivity (Wildman–Crippen MR) is 78.9 cm³/mol. The molecule has 7 heteroatoms. The molecule has 7 nitrogen and oxygen atoms in total. The molecule has 0 bridgehead atoms. The third-order valence-electron chi connectivity index (χ3n) is 3.28. The van der Waals surface area contributed by atoms with Gasteiger partial charge in [0.05, 0.1) is 17.2 Å². The number of nitro benzene ring substituents is 1. The van der Waals surface area contributed by atoms with Gasteiger partial charge in [-0.3, -0.25) is 15.0 Å². The van der Waals surface area contributed by atoms with Gasteiger partial charge in [-0.15, -0.1) is 0 Å². The van der Waals surface area contributed by atoms with Gasteiger partial charge in [0.2, 0.25) is 0 Å². The monoisotopic (exact) mass is 293 g/mol. The van der Waals surface area contributed by atoms with Crippen LogP contribution < -0.4 is 10.5 Å². The normalized spacial score (nSPS) is 17.8. The van der Waals surface area contributed by atoms with Crippen molar-refractivity contribution >= 4 is 11.4 Å². The Balaban J connectivity index is 2.05. The second-order valence-electron chi connectivity index (χ2n) is 5.09. The lowest BCUT2D eigenvalue weighted by molar-refractivity contribution is -0.384. The van der Waals surface area contributed by atoms with Crippen LogP contribution in [-0.2, 0) is 4.74 Å². The van der Waals surface area contributed by atoms with Crippen molar-refractivity contribution in [2.24, 2.45) is 0 Å². The first-order valence-electron chi connectivity index (χ1n) is 6.74. The zero-order chi connectivity index (χ0) is 15.4. The average molecular weight is 293 g/mol. The van der Waals surface area contributed by atoms with Crippen molar-refractivity contribution in [3.05, 3.63) is 40.3 Å². The van der Waals surface area contributed by atoms with E-state index in [2.05, 4.69) is 18.7 Å². The number of rotatable bonds is 4. The minimum absolute atomic E-state index is 0.0626. The van der Waals surface area contributed by atoms with Gasteiger partial charge in [0, 0.05) is 24.7 Å². The zero-order valence-electron chi connectivity index (χ0n) is 12.1. The molecule has 0 radical (unpaired) electrons. The maximum atomic E-state index is 10.6. The summed E-state index contributed by atoms with van der Waals surface area (Å²) in [6.45, 7) is 6.42. The van der Waals surface area contributed by atoms with Crippen LogP contribution in [0.5, 0.6) is 5.75 Å². The molecular weight excluding hydrogens is 274 g/mol. The lowest BCUT2D eigenvalue weighted by atomic mass is 10.2. The summed E-state index contributed by atoms with van der Waals surface area (Å²) in [5.74, 6) is 1.09. The fourth-order valence-electron chi connectivity index (χ4n) is 2.02. The average Bonchev–Trinajstić information content (AvgIpc) is 2.46. The molecule has 0 aliphatic carbocycles. The van der Waals surface area contributed by atoms with E-state index in [9.17, 15) is 10.1 Å². The summed E-state index contributed by atoms with van der Waals surface area (Å²) in [6.07, 6.45) is 1.51. The summed E-state index contributed by atoms with van der Waals surface area (Å²) in [5.41, 5.74) is 5.90. The van der Waals surface area contributed by atoms with Gasteiger partial charge in [-0.1, -0.05) is 0 Å². The summed E-state index contributed by atoms with van der Waals surface area (Å²) >= 11 is 0. The second kappa shape index (κ2) is 6.45. The van der Waals surface area contributed by atoms with E-state index in [4.69, 9.17) is 15.2 Å². The molecule has 2 N–H and O–H groups in total. The molecule has 0 unspecified atom stereocenters. The molecule has 114 valence electrons. The third-order valence-corrected chi connectivity index (χ3v) is 3.28. The molecule has 0 aromatic heterocycles. The molecule has 1 aliphatic rings. The van der Waals surface area contributed by atoms with Gasteiger partial charge in [0.25, 0.3) is 5.69 Å². The molecule has 1 heterocycles. The summed E-state index contributed by atoms with van der Waals surface area (Å²) in [7, 11) is 0. The van der Waals surface area contributed by atoms with Gasteiger partial charge >= 0.3 is 0 Å². The van der Waals surface area contributed by atoms with Crippen LogP contribution in [0.15, 0.2) is 30.2 Å². The first-order chi connectivity index (χ1) is 9.97. The number of nitrogens with zero attached hydrogens (tertiary/aromatic N) is 2. The molecule has 0 saturated carbocycles. The number of benzene rings is 1. The Hall–Kier alpha value is -2.28. The molecule has 0 spiro atoms. The van der Waals surface area contributed by atoms with Gasteiger partial charge in [-0.2, -0.15) is 0 Å². The highest BCUT2D eigenvalue weighted by atomic mass is 16.6. The Kier molecular flexibility index (Phi) is 4.64. The molecule has 1 fully saturated rings. The van der Waals surface area contributed by atoms with Gasteiger partial charge in [-0.25, -0.2) is 0 Å². The lowest BCUT2D eigenvalue weighted by Crippen LogP contribution is -2.39. The van der Waals surface area contributed by atoms with E-state index >= 15 is 0 Å². The number of ether oxygens (including phenoxy) is 2. The highest BCUT2D eigenvalue weighted by Crippen LogP contribution is 2.27. The molecule has 1 saturated heterocycles. The van der Waals surface area contributed by atoms with Crippen LogP contribution in [-0.4, -0.2) is 35.6 Å². The van der Waals surface area contributed by atoms with Crippen molar-refractivity contribution in [3.63, 3.8) is 0 Å². The second-order valence-corrected chi connectivity index (χ2v) is 5.09. The largest absolute Gasteiger partial charge is 0.492 e. The standard InChI is InChI=1S/C14H19N3O4/c1-10(2)16-5-6-20-12(8-16)9-21-14-4-3-11(17(18)19)7-13(14)15/h3-4,7,9-10H,5-6,8,15H2,1-2H3. The van der Waals surface area contributed by atoms with Crippen LogP contribution in [0.2, 0.25) is 0 Å². The van der Waals surface area contributed by atoms with Crippen molar-refractivity contribution in [2.75, 3.05) is 25.4 Å². The van der Waals surface area contributed by atoms with Crippen molar-refractivity contribution < 1.29 is 14.4 Å². The van der Waals surface area contributed by atoms with Crippen molar-refractivity contribution in [1.29, 1.82) is 0 Å². The van der Waals surface area contributed by atoms with Gasteiger partial charge in [0.1, 0.15) is 24.4 Å². The molecule has 1 aromatic rings. The third kappa shape index (κ3) is 3.85. The Morgan fingerprint density at radius 1 is 1.52 bits per heavy atom. The molecule has 2 rings (SSSR count). The van der Waals surface area contributed by atoms with Gasteiger partial charge in [-0.05, 0) is 19.9 Å². The highest BCUT2D eigenvalue weighted by Gasteiger charge is 2.18. The molecule has 0 amide bonds. The van der Waals surface area contributed by atoms with Crippen molar-refractivity contribution in [2.45, 2.75) is 19.9 Å². The molecule has 1 aromatic carbocycles. The van der Waals surface area contributed by atoms with E-state index in [-0.39, 0.29) is 11.4 Å². The Bertz CT molecular complexity index is 557. The SMILES string of the molecule is CC(C)N1CCOC(=COc2ccc([N+](=O)[O-])cc2N)C1. The van der Waals surface area contributed by atoms with Gasteiger partial charge < -0.3 is 15.2 Å². The van der Waals surface area contributed by atoms with Crippen LogP contribution in [0.25, 0.3) is 0 Å². The summed E-state index contributed by atoms with van der Waals surface area (Å²) in [5, 5.41) is 10.6. The number of anilines is 1.